The Labute approximate surface area is 110 Å². The Morgan fingerprint density at radius 1 is 1.32 bits per heavy atom. The summed E-state index contributed by atoms with van der Waals surface area (Å²) in [5.74, 6) is -3.36. The molecule has 6 heteroatoms. The first-order valence-corrected chi connectivity index (χ1v) is 5.79. The summed E-state index contributed by atoms with van der Waals surface area (Å²) in [7, 11) is 0. The van der Waals surface area contributed by atoms with Gasteiger partial charge in [-0.05, 0) is 6.92 Å². The molecule has 0 saturated carbocycles. The number of rotatable bonds is 4. The number of carbonyl (C=O) groups excluding carboxylic acids is 3. The minimum absolute atomic E-state index is 0.0964. The van der Waals surface area contributed by atoms with Gasteiger partial charge in [-0.25, -0.2) is 4.79 Å². The van der Waals surface area contributed by atoms with E-state index in [4.69, 9.17) is 14.2 Å². The molecule has 6 nitrogen and oxygen atoms in total. The molecule has 0 aromatic carbocycles. The lowest BCUT2D eigenvalue weighted by Gasteiger charge is -2.27. The van der Waals surface area contributed by atoms with Gasteiger partial charge in [0.2, 0.25) is 0 Å². The summed E-state index contributed by atoms with van der Waals surface area (Å²) >= 11 is 0. The fourth-order valence-electron chi connectivity index (χ4n) is 2.16. The predicted octanol–water partition coefficient (Wildman–Crippen LogP) is 0.868. The Kier molecular flexibility index (Phi) is 3.18. The topological polar surface area (TPSA) is 78.9 Å². The van der Waals surface area contributed by atoms with E-state index in [1.54, 1.807) is 0 Å². The summed E-state index contributed by atoms with van der Waals surface area (Å²) < 4.78 is 15.1. The molecule has 0 amide bonds. The second-order valence-electron chi connectivity index (χ2n) is 4.68. The van der Waals surface area contributed by atoms with E-state index in [-0.39, 0.29) is 30.6 Å². The standard InChI is InChI=1S/C13H14O6/c1-7(2)12(16)17-6-8(3)13-9(4-10(14)18-13)5-11(15)19-13/h9H,1,3-6H2,2H3. The molecule has 0 unspecified atom stereocenters. The van der Waals surface area contributed by atoms with Crippen LogP contribution in [0.3, 0.4) is 0 Å². The molecule has 2 aliphatic rings. The number of ether oxygens (including phenoxy) is 3. The minimum atomic E-state index is -1.47. The van der Waals surface area contributed by atoms with Crippen LogP contribution in [0.25, 0.3) is 0 Å². The first-order valence-electron chi connectivity index (χ1n) is 5.79. The maximum absolute atomic E-state index is 11.3. The third kappa shape index (κ3) is 2.25. The normalized spacial score (nSPS) is 28.4. The third-order valence-electron chi connectivity index (χ3n) is 3.11. The zero-order chi connectivity index (χ0) is 14.2. The monoisotopic (exact) mass is 266 g/mol. The largest absolute Gasteiger partial charge is 0.458 e. The lowest BCUT2D eigenvalue weighted by Crippen LogP contribution is -2.38. The highest BCUT2D eigenvalue weighted by Gasteiger charge is 2.60. The zero-order valence-electron chi connectivity index (χ0n) is 10.6. The SMILES string of the molecule is C=C(C)C(=O)OCC(=C)C12OC(=O)CC1CC(=O)O2. The molecular formula is C13H14O6. The van der Waals surface area contributed by atoms with Gasteiger partial charge in [-0.3, -0.25) is 9.59 Å². The highest BCUT2D eigenvalue weighted by Crippen LogP contribution is 2.46. The van der Waals surface area contributed by atoms with E-state index in [9.17, 15) is 14.4 Å². The quantitative estimate of drug-likeness (QED) is 0.427. The summed E-state index contributed by atoms with van der Waals surface area (Å²) in [6, 6.07) is 0. The van der Waals surface area contributed by atoms with E-state index in [1.165, 1.54) is 6.92 Å². The van der Waals surface area contributed by atoms with Gasteiger partial charge < -0.3 is 14.2 Å². The smallest absolute Gasteiger partial charge is 0.333 e. The van der Waals surface area contributed by atoms with Crippen LogP contribution in [-0.2, 0) is 28.6 Å². The van der Waals surface area contributed by atoms with Crippen LogP contribution >= 0.6 is 0 Å². The van der Waals surface area contributed by atoms with Crippen LogP contribution in [0.15, 0.2) is 24.3 Å². The third-order valence-corrected chi connectivity index (χ3v) is 3.11. The van der Waals surface area contributed by atoms with Crippen LogP contribution in [0.5, 0.6) is 0 Å². The van der Waals surface area contributed by atoms with Crippen molar-refractivity contribution in [2.45, 2.75) is 25.6 Å². The minimum Gasteiger partial charge on any atom is -0.458 e. The molecule has 2 rings (SSSR count). The number of fused-ring (bicyclic) bond motifs is 1. The van der Waals surface area contributed by atoms with Crippen LogP contribution in [0.2, 0.25) is 0 Å². The number of esters is 3. The molecule has 19 heavy (non-hydrogen) atoms. The van der Waals surface area contributed by atoms with E-state index in [0.29, 0.717) is 0 Å². The van der Waals surface area contributed by atoms with Gasteiger partial charge in [0.15, 0.2) is 0 Å². The molecule has 0 bridgehead atoms. The van der Waals surface area contributed by atoms with Gasteiger partial charge in [-0.2, -0.15) is 0 Å². The fraction of sp³-hybridized carbons (Fsp3) is 0.462. The summed E-state index contributed by atoms with van der Waals surface area (Å²) in [4.78, 5) is 34.0. The van der Waals surface area contributed by atoms with E-state index in [0.717, 1.165) is 0 Å². The summed E-state index contributed by atoms with van der Waals surface area (Å²) in [6.45, 7) is 8.47. The molecule has 0 spiro atoms. The molecule has 2 heterocycles. The van der Waals surface area contributed by atoms with E-state index >= 15 is 0 Å². The van der Waals surface area contributed by atoms with Crippen LogP contribution in [0, 0.1) is 5.92 Å². The molecule has 102 valence electrons. The van der Waals surface area contributed by atoms with Crippen LogP contribution < -0.4 is 0 Å². The molecule has 0 N–H and O–H groups in total. The number of hydrogen-bond acceptors (Lipinski definition) is 6. The van der Waals surface area contributed by atoms with Crippen molar-refractivity contribution in [2.24, 2.45) is 5.92 Å². The molecule has 2 fully saturated rings. The average molecular weight is 266 g/mol. The van der Waals surface area contributed by atoms with Crippen LogP contribution in [0.1, 0.15) is 19.8 Å². The zero-order valence-corrected chi connectivity index (χ0v) is 10.6. The second kappa shape index (κ2) is 4.53. The molecule has 0 aromatic rings. The fourth-order valence-corrected chi connectivity index (χ4v) is 2.16. The maximum Gasteiger partial charge on any atom is 0.333 e. The second-order valence-corrected chi connectivity index (χ2v) is 4.68. The molecule has 2 saturated heterocycles. The molecule has 0 aromatic heterocycles. The molecule has 0 aliphatic carbocycles. The summed E-state index contributed by atoms with van der Waals surface area (Å²) in [5, 5.41) is 0. The predicted molar refractivity (Wildman–Crippen MR) is 62.6 cm³/mol. The Morgan fingerprint density at radius 3 is 2.32 bits per heavy atom. The highest BCUT2D eigenvalue weighted by atomic mass is 16.7. The lowest BCUT2D eigenvalue weighted by molar-refractivity contribution is -0.194. The Hall–Kier alpha value is -2.11. The van der Waals surface area contributed by atoms with Gasteiger partial charge >= 0.3 is 17.9 Å². The molecule has 2 aliphatic heterocycles. The molecule has 0 radical (unpaired) electrons. The number of hydrogen-bond donors (Lipinski definition) is 0. The maximum atomic E-state index is 11.3. The Bertz CT molecular complexity index is 469. The van der Waals surface area contributed by atoms with Gasteiger partial charge in [0.05, 0.1) is 18.8 Å². The van der Waals surface area contributed by atoms with Gasteiger partial charge in [0, 0.05) is 11.1 Å². The first-order chi connectivity index (χ1) is 8.85. The van der Waals surface area contributed by atoms with Crippen molar-refractivity contribution in [3.8, 4) is 0 Å². The van der Waals surface area contributed by atoms with Crippen molar-refractivity contribution in [3.05, 3.63) is 24.3 Å². The van der Waals surface area contributed by atoms with E-state index < -0.39 is 29.6 Å². The van der Waals surface area contributed by atoms with Gasteiger partial charge in [0.25, 0.3) is 5.79 Å². The van der Waals surface area contributed by atoms with Crippen molar-refractivity contribution < 1.29 is 28.6 Å². The molecular weight excluding hydrogens is 252 g/mol. The van der Waals surface area contributed by atoms with E-state index in [1.807, 2.05) is 0 Å². The van der Waals surface area contributed by atoms with Crippen LogP contribution in [-0.4, -0.2) is 30.3 Å². The van der Waals surface area contributed by atoms with Crippen molar-refractivity contribution in [2.75, 3.05) is 6.61 Å². The van der Waals surface area contributed by atoms with Crippen molar-refractivity contribution >= 4 is 17.9 Å². The van der Waals surface area contributed by atoms with Crippen molar-refractivity contribution in [1.82, 2.24) is 0 Å². The number of carbonyl (C=O) groups is 3. The van der Waals surface area contributed by atoms with Gasteiger partial charge in [0.1, 0.15) is 6.61 Å². The Morgan fingerprint density at radius 2 is 1.84 bits per heavy atom. The highest BCUT2D eigenvalue weighted by molar-refractivity contribution is 5.87. The Balaban J connectivity index is 2.08. The van der Waals surface area contributed by atoms with Gasteiger partial charge in [-0.15, -0.1) is 0 Å². The van der Waals surface area contributed by atoms with Crippen molar-refractivity contribution in [3.63, 3.8) is 0 Å². The summed E-state index contributed by atoms with van der Waals surface area (Å²) in [6.07, 6.45) is 0.193. The molecule has 0 atom stereocenters. The lowest BCUT2D eigenvalue weighted by atomic mass is 9.92. The first kappa shape index (κ1) is 13.3. The average Bonchev–Trinajstić information content (AvgIpc) is 2.77. The van der Waals surface area contributed by atoms with Crippen LogP contribution in [0.4, 0.5) is 0 Å². The van der Waals surface area contributed by atoms with Gasteiger partial charge in [-0.1, -0.05) is 13.2 Å². The van der Waals surface area contributed by atoms with Crippen molar-refractivity contribution in [1.29, 1.82) is 0 Å². The summed E-state index contributed by atoms with van der Waals surface area (Å²) in [5.41, 5.74) is 0.484. The van der Waals surface area contributed by atoms with E-state index in [2.05, 4.69) is 13.2 Å².